The van der Waals surface area contributed by atoms with E-state index < -0.39 is 5.97 Å². The van der Waals surface area contributed by atoms with E-state index in [1.54, 1.807) is 21.0 Å². The van der Waals surface area contributed by atoms with E-state index in [2.05, 4.69) is 21.2 Å². The van der Waals surface area contributed by atoms with Gasteiger partial charge in [-0.1, -0.05) is 29.1 Å². The first-order valence-corrected chi connectivity index (χ1v) is 9.73. The van der Waals surface area contributed by atoms with Crippen molar-refractivity contribution in [3.63, 3.8) is 0 Å². The highest BCUT2D eigenvalue weighted by Crippen LogP contribution is 2.29. The molecule has 0 aliphatic carbocycles. The number of nitriles is 1. The van der Waals surface area contributed by atoms with E-state index in [1.807, 2.05) is 24.3 Å². The molecule has 148 valence electrons. The summed E-state index contributed by atoms with van der Waals surface area (Å²) < 4.78 is 15.6. The molecule has 0 bridgehead atoms. The van der Waals surface area contributed by atoms with Gasteiger partial charge in [-0.3, -0.25) is 0 Å². The van der Waals surface area contributed by atoms with Gasteiger partial charge in [-0.15, -0.1) is 0 Å². The van der Waals surface area contributed by atoms with Crippen LogP contribution in [0.25, 0.3) is 11.4 Å². The second-order valence-electron chi connectivity index (χ2n) is 5.81. The van der Waals surface area contributed by atoms with Crippen molar-refractivity contribution in [3.8, 4) is 23.2 Å². The number of methoxy groups -OCH3 is 1. The van der Waals surface area contributed by atoms with Crippen LogP contribution in [0, 0.1) is 18.3 Å². The van der Waals surface area contributed by atoms with Gasteiger partial charge in [0.25, 0.3) is 0 Å². The molecule has 0 radical (unpaired) electrons. The minimum atomic E-state index is -0.496. The number of carbonyl (C=O) groups is 1. The van der Waals surface area contributed by atoms with Crippen LogP contribution < -0.4 is 4.74 Å². The summed E-state index contributed by atoms with van der Waals surface area (Å²) in [6, 6.07) is 10.9. The number of para-hydroxylation sites is 1. The number of thioether (sulfide) groups is 1. The third kappa shape index (κ3) is 4.55. The molecule has 2 aromatic heterocycles. The number of rotatable bonds is 7. The van der Waals surface area contributed by atoms with E-state index in [1.165, 1.54) is 17.8 Å². The standard InChI is InChI=1S/C20H18N4O4S/c1-4-27-20(25)15-9-13(10-21)19(22-12(15)2)29-11-17-23-18(24-28-17)14-7-5-6-8-16(14)26-3/h5-9H,4,11H2,1-3H3. The van der Waals surface area contributed by atoms with Gasteiger partial charge in [-0.2, -0.15) is 10.2 Å². The predicted molar refractivity (Wildman–Crippen MR) is 105 cm³/mol. The topological polar surface area (TPSA) is 111 Å². The van der Waals surface area contributed by atoms with Gasteiger partial charge in [0.2, 0.25) is 11.7 Å². The van der Waals surface area contributed by atoms with Crippen LogP contribution in [0.4, 0.5) is 0 Å². The first-order valence-electron chi connectivity index (χ1n) is 8.75. The van der Waals surface area contributed by atoms with Gasteiger partial charge in [0.1, 0.15) is 16.8 Å². The van der Waals surface area contributed by atoms with Gasteiger partial charge in [0.05, 0.1) is 41.9 Å². The minimum Gasteiger partial charge on any atom is -0.496 e. The third-order valence-electron chi connectivity index (χ3n) is 3.94. The molecule has 0 N–H and O–H groups in total. The SMILES string of the molecule is CCOC(=O)c1cc(C#N)c(SCc2nc(-c3ccccc3OC)no2)nc1C. The Morgan fingerprint density at radius 2 is 2.10 bits per heavy atom. The monoisotopic (exact) mass is 410 g/mol. The number of aryl methyl sites for hydroxylation is 1. The fourth-order valence-corrected chi connectivity index (χ4v) is 3.41. The van der Waals surface area contributed by atoms with Gasteiger partial charge in [0.15, 0.2) is 0 Å². The molecule has 0 fully saturated rings. The quantitative estimate of drug-likeness (QED) is 0.424. The van der Waals surface area contributed by atoms with Crippen molar-refractivity contribution < 1.29 is 18.8 Å². The normalized spacial score (nSPS) is 10.4. The number of benzene rings is 1. The number of pyridine rings is 1. The Kier molecular flexibility index (Phi) is 6.46. The van der Waals surface area contributed by atoms with Crippen molar-refractivity contribution in [2.75, 3.05) is 13.7 Å². The molecule has 9 heteroatoms. The third-order valence-corrected chi connectivity index (χ3v) is 4.92. The molecule has 0 saturated carbocycles. The summed E-state index contributed by atoms with van der Waals surface area (Å²) in [4.78, 5) is 20.8. The highest BCUT2D eigenvalue weighted by molar-refractivity contribution is 7.98. The zero-order valence-corrected chi connectivity index (χ0v) is 16.9. The Labute approximate surface area is 171 Å². The van der Waals surface area contributed by atoms with Crippen LogP contribution in [0.3, 0.4) is 0 Å². The van der Waals surface area contributed by atoms with E-state index in [4.69, 9.17) is 14.0 Å². The number of ether oxygens (including phenoxy) is 2. The largest absolute Gasteiger partial charge is 0.496 e. The lowest BCUT2D eigenvalue weighted by molar-refractivity contribution is 0.0524. The van der Waals surface area contributed by atoms with Gasteiger partial charge in [-0.25, -0.2) is 9.78 Å². The van der Waals surface area contributed by atoms with E-state index in [-0.39, 0.29) is 17.7 Å². The highest BCUT2D eigenvalue weighted by atomic mass is 32.2. The fraction of sp³-hybridized carbons (Fsp3) is 0.250. The average Bonchev–Trinajstić information content (AvgIpc) is 3.21. The summed E-state index contributed by atoms with van der Waals surface area (Å²) in [5.41, 5.74) is 1.78. The Balaban J connectivity index is 1.79. The zero-order valence-electron chi connectivity index (χ0n) is 16.1. The summed E-state index contributed by atoms with van der Waals surface area (Å²) in [6.45, 7) is 3.67. The average molecular weight is 410 g/mol. The maximum absolute atomic E-state index is 12.0. The minimum absolute atomic E-state index is 0.252. The Bertz CT molecular complexity index is 1070. The molecule has 0 unspecified atom stereocenters. The Hall–Kier alpha value is -3.38. The van der Waals surface area contributed by atoms with Gasteiger partial charge >= 0.3 is 5.97 Å². The van der Waals surface area contributed by atoms with Crippen molar-refractivity contribution >= 4 is 17.7 Å². The lowest BCUT2D eigenvalue weighted by Gasteiger charge is -2.08. The number of aromatic nitrogens is 3. The smallest absolute Gasteiger partial charge is 0.340 e. The van der Waals surface area contributed by atoms with Crippen molar-refractivity contribution in [2.24, 2.45) is 0 Å². The Morgan fingerprint density at radius 3 is 2.83 bits per heavy atom. The molecule has 2 heterocycles. The predicted octanol–water partition coefficient (Wildman–Crippen LogP) is 3.79. The summed E-state index contributed by atoms with van der Waals surface area (Å²) in [5, 5.41) is 13.9. The number of esters is 1. The fourth-order valence-electron chi connectivity index (χ4n) is 2.57. The van der Waals surface area contributed by atoms with Crippen LogP contribution in [-0.4, -0.2) is 34.8 Å². The van der Waals surface area contributed by atoms with Crippen molar-refractivity contribution in [1.82, 2.24) is 15.1 Å². The van der Waals surface area contributed by atoms with Crippen LogP contribution in [0.2, 0.25) is 0 Å². The van der Waals surface area contributed by atoms with Gasteiger partial charge in [0, 0.05) is 0 Å². The molecule has 0 aliphatic heterocycles. The van der Waals surface area contributed by atoms with E-state index >= 15 is 0 Å². The molecule has 29 heavy (non-hydrogen) atoms. The number of nitrogens with zero attached hydrogens (tertiary/aromatic N) is 4. The van der Waals surface area contributed by atoms with Crippen LogP contribution in [0.5, 0.6) is 5.75 Å². The lowest BCUT2D eigenvalue weighted by Crippen LogP contribution is -2.09. The molecule has 1 aromatic carbocycles. The van der Waals surface area contributed by atoms with E-state index in [0.29, 0.717) is 33.9 Å². The van der Waals surface area contributed by atoms with Crippen LogP contribution in [0.15, 0.2) is 39.9 Å². The molecular weight excluding hydrogens is 392 g/mol. The van der Waals surface area contributed by atoms with E-state index in [0.717, 1.165) is 5.56 Å². The van der Waals surface area contributed by atoms with Crippen LogP contribution >= 0.6 is 11.8 Å². The van der Waals surface area contributed by atoms with Crippen LogP contribution in [-0.2, 0) is 10.5 Å². The lowest BCUT2D eigenvalue weighted by atomic mass is 10.1. The number of hydrogen-bond donors (Lipinski definition) is 0. The molecule has 0 amide bonds. The molecule has 0 atom stereocenters. The summed E-state index contributed by atoms with van der Waals surface area (Å²) in [6.07, 6.45) is 0. The highest BCUT2D eigenvalue weighted by Gasteiger charge is 2.18. The molecular formula is C20H18N4O4S. The maximum Gasteiger partial charge on any atom is 0.340 e. The van der Waals surface area contributed by atoms with Crippen molar-refractivity contribution in [3.05, 3.63) is 53.0 Å². The van der Waals surface area contributed by atoms with Crippen molar-refractivity contribution in [2.45, 2.75) is 24.6 Å². The summed E-state index contributed by atoms with van der Waals surface area (Å²) in [7, 11) is 1.58. The molecule has 8 nitrogen and oxygen atoms in total. The van der Waals surface area contributed by atoms with Gasteiger partial charge in [-0.05, 0) is 32.0 Å². The maximum atomic E-state index is 12.0. The first-order chi connectivity index (χ1) is 14.1. The second kappa shape index (κ2) is 9.21. The zero-order chi connectivity index (χ0) is 20.8. The number of hydrogen-bond acceptors (Lipinski definition) is 9. The molecule has 0 spiro atoms. The van der Waals surface area contributed by atoms with Crippen LogP contribution in [0.1, 0.15) is 34.4 Å². The van der Waals surface area contributed by atoms with Gasteiger partial charge < -0.3 is 14.0 Å². The second-order valence-corrected chi connectivity index (χ2v) is 6.77. The first kappa shape index (κ1) is 20.4. The Morgan fingerprint density at radius 1 is 1.31 bits per heavy atom. The summed E-state index contributed by atoms with van der Waals surface area (Å²) >= 11 is 1.28. The van der Waals surface area contributed by atoms with Crippen molar-refractivity contribution in [1.29, 1.82) is 5.26 Å². The molecule has 0 aliphatic rings. The number of carbonyl (C=O) groups excluding carboxylic acids is 1. The molecule has 3 aromatic rings. The molecule has 0 saturated heterocycles. The molecule has 3 rings (SSSR count). The van der Waals surface area contributed by atoms with E-state index in [9.17, 15) is 10.1 Å². The summed E-state index contributed by atoms with van der Waals surface area (Å²) in [5.74, 6) is 1.27.